The molecule has 7 nitrogen and oxygen atoms in total. The van der Waals surface area contributed by atoms with Crippen LogP contribution in [0.5, 0.6) is 0 Å². The Kier molecular flexibility index (Phi) is 11.2. The summed E-state index contributed by atoms with van der Waals surface area (Å²) >= 11 is 0. The molecule has 1 radical (unpaired) electrons. The van der Waals surface area contributed by atoms with Crippen LogP contribution in [0.25, 0.3) is 34.0 Å². The first kappa shape index (κ1) is 29.9. The number of hydrogen-bond acceptors (Lipinski definition) is 6. The van der Waals surface area contributed by atoms with Crippen LogP contribution in [-0.2, 0) is 20.1 Å². The Morgan fingerprint density at radius 1 is 0.525 bits per heavy atom. The first-order chi connectivity index (χ1) is 19.0. The number of halogens is 4. The molecule has 4 aromatic heterocycles. The minimum Gasteiger partial charge on any atom is -0.329 e. The second-order valence-corrected chi connectivity index (χ2v) is 7.60. The minimum atomic E-state index is -0.594. The molecule has 2 aromatic carbocycles. The van der Waals surface area contributed by atoms with Gasteiger partial charge in [-0.2, -0.15) is 5.21 Å². The molecule has 0 aliphatic carbocycles. The summed E-state index contributed by atoms with van der Waals surface area (Å²) in [5.41, 5.74) is 2.33. The summed E-state index contributed by atoms with van der Waals surface area (Å²) in [6.45, 7) is 0. The van der Waals surface area contributed by atoms with E-state index in [9.17, 15) is 17.6 Å². The van der Waals surface area contributed by atoms with E-state index in [0.717, 1.165) is 12.1 Å². The molecule has 0 N–H and O–H groups in total. The van der Waals surface area contributed by atoms with Crippen LogP contribution < -0.4 is 5.10 Å². The monoisotopic (exact) mass is 721 g/mol. The van der Waals surface area contributed by atoms with Gasteiger partial charge >= 0.3 is 0 Å². The van der Waals surface area contributed by atoms with Gasteiger partial charge in [-0.05, 0) is 60.7 Å². The molecule has 0 saturated heterocycles. The van der Waals surface area contributed by atoms with Crippen molar-refractivity contribution >= 4 is 0 Å². The van der Waals surface area contributed by atoms with Crippen molar-refractivity contribution in [1.82, 2.24) is 35.6 Å². The molecule has 203 valence electrons. The first-order valence-electron chi connectivity index (χ1n) is 11.3. The summed E-state index contributed by atoms with van der Waals surface area (Å²) in [5.74, 6) is -1.89. The van der Waals surface area contributed by atoms with Gasteiger partial charge in [0.15, 0.2) is 0 Å². The summed E-state index contributed by atoms with van der Waals surface area (Å²) in [7, 11) is 0. The van der Waals surface area contributed by atoms with Crippen molar-refractivity contribution in [3.8, 4) is 34.0 Å². The third kappa shape index (κ3) is 8.42. The van der Waals surface area contributed by atoms with Crippen LogP contribution in [0.4, 0.5) is 17.6 Å². The molecule has 0 aliphatic rings. The Morgan fingerprint density at radius 2 is 0.975 bits per heavy atom. The molecule has 6 rings (SSSR count). The maximum Gasteiger partial charge on any atom is 0.135 e. The third-order valence-corrected chi connectivity index (χ3v) is 4.96. The second-order valence-electron chi connectivity index (χ2n) is 7.60. The van der Waals surface area contributed by atoms with E-state index in [0.29, 0.717) is 34.0 Å². The van der Waals surface area contributed by atoms with E-state index in [4.69, 9.17) is 0 Å². The minimum absolute atomic E-state index is 0. The SMILES string of the molecule is Fc1ccc(-c2ccccn2)c(F)c1.Fc1ccc(-c2ccccn2)c(F)c1.[Ir].c1ccc(-c2nnn[n-]2)nc1. The van der Waals surface area contributed by atoms with E-state index < -0.39 is 23.3 Å². The van der Waals surface area contributed by atoms with Crippen LogP contribution >= 0.6 is 0 Å². The van der Waals surface area contributed by atoms with Gasteiger partial charge in [-0.25, -0.2) is 17.6 Å². The van der Waals surface area contributed by atoms with Crippen molar-refractivity contribution in [2.75, 3.05) is 0 Å². The van der Waals surface area contributed by atoms with Gasteiger partial charge in [0.2, 0.25) is 0 Å². The summed E-state index contributed by atoms with van der Waals surface area (Å²) in [4.78, 5) is 12.0. The van der Waals surface area contributed by atoms with Crippen molar-refractivity contribution in [2.45, 2.75) is 0 Å². The Balaban J connectivity index is 0.000000165. The molecule has 40 heavy (non-hydrogen) atoms. The fraction of sp³-hybridized carbons (Fsp3) is 0. The molecule has 0 amide bonds. The molecule has 0 atom stereocenters. The molecular formula is C28H18F4IrN7-. The Labute approximate surface area is 239 Å². The Hall–Kier alpha value is -4.67. The van der Waals surface area contributed by atoms with Crippen molar-refractivity contribution in [2.24, 2.45) is 0 Å². The number of rotatable bonds is 3. The average molecular weight is 721 g/mol. The summed E-state index contributed by atoms with van der Waals surface area (Å²) in [6, 6.07) is 22.7. The molecule has 6 aromatic rings. The molecule has 12 heteroatoms. The van der Waals surface area contributed by atoms with Crippen molar-refractivity contribution in [3.63, 3.8) is 0 Å². The number of tetrazole rings is 1. The number of pyridine rings is 3. The maximum absolute atomic E-state index is 13.3. The predicted molar refractivity (Wildman–Crippen MR) is 136 cm³/mol. The summed E-state index contributed by atoms with van der Waals surface area (Å²) in [5, 5.41) is 14.0. The Bertz CT molecular complexity index is 1510. The van der Waals surface area contributed by atoms with Crippen LogP contribution in [0.15, 0.2) is 110 Å². The van der Waals surface area contributed by atoms with Gasteiger partial charge in [0.25, 0.3) is 0 Å². The second kappa shape index (κ2) is 15.1. The number of aromatic nitrogens is 7. The first-order valence-corrected chi connectivity index (χ1v) is 11.3. The molecule has 0 bridgehead atoms. The Morgan fingerprint density at radius 3 is 1.32 bits per heavy atom. The van der Waals surface area contributed by atoms with Gasteiger partial charge in [-0.3, -0.25) is 25.3 Å². The summed E-state index contributed by atoms with van der Waals surface area (Å²) in [6.07, 6.45) is 4.81. The van der Waals surface area contributed by atoms with E-state index in [2.05, 4.69) is 35.6 Å². The molecule has 0 fully saturated rings. The van der Waals surface area contributed by atoms with Crippen molar-refractivity contribution < 1.29 is 37.7 Å². The third-order valence-electron chi connectivity index (χ3n) is 4.96. The van der Waals surface area contributed by atoms with Crippen molar-refractivity contribution in [1.29, 1.82) is 0 Å². The van der Waals surface area contributed by atoms with E-state index >= 15 is 0 Å². The smallest absolute Gasteiger partial charge is 0.135 e. The van der Waals surface area contributed by atoms with E-state index in [-0.39, 0.29) is 20.1 Å². The van der Waals surface area contributed by atoms with Gasteiger partial charge in [0.05, 0.1) is 22.9 Å². The average Bonchev–Trinajstić information content (AvgIpc) is 3.51. The summed E-state index contributed by atoms with van der Waals surface area (Å²) < 4.78 is 51.7. The quantitative estimate of drug-likeness (QED) is 0.209. The molecule has 0 aliphatic heterocycles. The van der Waals surface area contributed by atoms with Gasteiger partial charge in [0, 0.05) is 62.0 Å². The van der Waals surface area contributed by atoms with Crippen LogP contribution in [0.3, 0.4) is 0 Å². The van der Waals surface area contributed by atoms with Gasteiger partial charge in [0.1, 0.15) is 23.3 Å². The normalized spacial score (nSPS) is 9.80. The largest absolute Gasteiger partial charge is 0.329 e. The van der Waals surface area contributed by atoms with Gasteiger partial charge < -0.3 is 5.10 Å². The van der Waals surface area contributed by atoms with Crippen LogP contribution in [0, 0.1) is 23.3 Å². The number of hydrogen-bond donors (Lipinski definition) is 0. The standard InChI is InChI=1S/2C11H7F2N.C6H4N5.Ir/c2*12-8-4-5-9(10(13)7-8)11-3-1-2-6-14-11;1-2-4-7-5(3-1)6-8-10-11-9-6;/h2*1-7H;1-4H;/q;;-1;. The zero-order valence-electron chi connectivity index (χ0n) is 20.4. The number of benzene rings is 2. The zero-order valence-corrected chi connectivity index (χ0v) is 22.8. The topological polar surface area (TPSA) is 91.4 Å². The molecule has 4 heterocycles. The van der Waals surface area contributed by atoms with Crippen LogP contribution in [0.1, 0.15) is 0 Å². The fourth-order valence-electron chi connectivity index (χ4n) is 3.18. The van der Waals surface area contributed by atoms with Crippen LogP contribution in [-0.4, -0.2) is 30.5 Å². The molecule has 0 spiro atoms. The molecular weight excluding hydrogens is 703 g/mol. The van der Waals surface area contributed by atoms with E-state index in [1.54, 1.807) is 61.1 Å². The van der Waals surface area contributed by atoms with Gasteiger partial charge in [-0.15, -0.1) is 0 Å². The zero-order chi connectivity index (χ0) is 27.5. The maximum atomic E-state index is 13.3. The van der Waals surface area contributed by atoms with Crippen LogP contribution in [0.2, 0.25) is 0 Å². The predicted octanol–water partition coefficient (Wildman–Crippen LogP) is 5.94. The number of nitrogens with zero attached hydrogens (tertiary/aromatic N) is 7. The van der Waals surface area contributed by atoms with Gasteiger partial charge in [-0.1, -0.05) is 18.2 Å². The fourth-order valence-corrected chi connectivity index (χ4v) is 3.18. The van der Waals surface area contributed by atoms with E-state index in [1.165, 1.54) is 24.3 Å². The molecule has 0 saturated carbocycles. The van der Waals surface area contributed by atoms with Crippen molar-refractivity contribution in [3.05, 3.63) is 133 Å². The molecule has 0 unspecified atom stereocenters. The van der Waals surface area contributed by atoms with E-state index in [1.807, 2.05) is 12.1 Å².